The molecule has 8 heteroatoms. The van der Waals surface area contributed by atoms with Crippen LogP contribution in [0.25, 0.3) is 5.52 Å². The summed E-state index contributed by atoms with van der Waals surface area (Å²) in [5.74, 6) is 0.0890. The molecule has 0 aromatic carbocycles. The van der Waals surface area contributed by atoms with Crippen LogP contribution in [0.2, 0.25) is 0 Å². The SMILES string of the molecule is CN1CCCN(CC(=O)NCc2cccn3nccc23)CC1.O=CO. The lowest BCUT2D eigenvalue weighted by Gasteiger charge is -2.19. The molecular weight excluding hydrogens is 322 g/mol. The Balaban J connectivity index is 0.000000701. The normalized spacial score (nSPS) is 15.9. The number of nitrogens with zero attached hydrogens (tertiary/aromatic N) is 4. The lowest BCUT2D eigenvalue weighted by Crippen LogP contribution is -2.38. The van der Waals surface area contributed by atoms with E-state index in [0.717, 1.165) is 43.7 Å². The number of carbonyl (C=O) groups is 2. The first-order chi connectivity index (χ1) is 12.1. The molecule has 3 rings (SSSR count). The third-order valence-corrected chi connectivity index (χ3v) is 4.18. The van der Waals surface area contributed by atoms with Gasteiger partial charge in [0.1, 0.15) is 0 Å². The van der Waals surface area contributed by atoms with Gasteiger partial charge >= 0.3 is 0 Å². The van der Waals surface area contributed by atoms with Gasteiger partial charge in [-0.2, -0.15) is 5.10 Å². The minimum atomic E-state index is -0.250. The Morgan fingerprint density at radius 3 is 2.92 bits per heavy atom. The standard InChI is InChI=1S/C16H23N5O.CH2O2/c1-19-7-3-8-20(11-10-19)13-16(22)17-12-14-4-2-9-21-15(14)5-6-18-21;2-1-3/h2,4-6,9H,3,7-8,10-13H2,1H3,(H,17,22);1H,(H,2,3). The zero-order chi connectivity index (χ0) is 18.1. The number of aromatic nitrogens is 2. The highest BCUT2D eigenvalue weighted by molar-refractivity contribution is 5.78. The first-order valence-corrected chi connectivity index (χ1v) is 8.30. The van der Waals surface area contributed by atoms with Crippen LogP contribution in [-0.4, -0.2) is 76.7 Å². The fourth-order valence-electron chi connectivity index (χ4n) is 2.87. The predicted octanol–water partition coefficient (Wildman–Crippen LogP) is 0.289. The molecule has 0 bridgehead atoms. The van der Waals surface area contributed by atoms with Gasteiger partial charge in [0.05, 0.1) is 12.1 Å². The second-order valence-corrected chi connectivity index (χ2v) is 6.01. The lowest BCUT2D eigenvalue weighted by atomic mass is 10.2. The van der Waals surface area contributed by atoms with E-state index in [1.54, 1.807) is 6.20 Å². The molecular formula is C17H25N5O3. The Bertz CT molecular complexity index is 688. The Kier molecular flexibility index (Phi) is 7.36. The van der Waals surface area contributed by atoms with Gasteiger partial charge in [0, 0.05) is 32.0 Å². The molecule has 136 valence electrons. The van der Waals surface area contributed by atoms with E-state index in [-0.39, 0.29) is 12.4 Å². The monoisotopic (exact) mass is 347 g/mol. The molecule has 8 nitrogen and oxygen atoms in total. The molecule has 25 heavy (non-hydrogen) atoms. The molecule has 0 atom stereocenters. The molecule has 3 heterocycles. The summed E-state index contributed by atoms with van der Waals surface area (Å²) in [6.45, 7) is 4.88. The number of amides is 1. The number of rotatable bonds is 4. The van der Waals surface area contributed by atoms with Crippen molar-refractivity contribution in [3.05, 3.63) is 36.2 Å². The van der Waals surface area contributed by atoms with E-state index in [1.807, 2.05) is 28.9 Å². The molecule has 0 radical (unpaired) electrons. The molecule has 1 saturated heterocycles. The maximum Gasteiger partial charge on any atom is 0.290 e. The molecule has 2 aromatic rings. The van der Waals surface area contributed by atoms with E-state index in [0.29, 0.717) is 13.1 Å². The van der Waals surface area contributed by atoms with Crippen molar-refractivity contribution in [2.45, 2.75) is 13.0 Å². The fourth-order valence-corrected chi connectivity index (χ4v) is 2.87. The number of hydrogen-bond donors (Lipinski definition) is 2. The van der Waals surface area contributed by atoms with E-state index in [4.69, 9.17) is 9.90 Å². The van der Waals surface area contributed by atoms with Gasteiger partial charge in [0.25, 0.3) is 6.47 Å². The average molecular weight is 347 g/mol. The van der Waals surface area contributed by atoms with Crippen LogP contribution in [0.5, 0.6) is 0 Å². The first kappa shape index (κ1) is 18.9. The van der Waals surface area contributed by atoms with Gasteiger partial charge in [0.2, 0.25) is 5.91 Å². The zero-order valence-electron chi connectivity index (χ0n) is 14.5. The zero-order valence-corrected chi connectivity index (χ0v) is 14.5. The molecule has 0 unspecified atom stereocenters. The van der Waals surface area contributed by atoms with Gasteiger partial charge in [-0.1, -0.05) is 6.07 Å². The molecule has 0 aliphatic carbocycles. The third kappa shape index (κ3) is 5.84. The van der Waals surface area contributed by atoms with E-state index in [1.165, 1.54) is 0 Å². The van der Waals surface area contributed by atoms with Crippen molar-refractivity contribution >= 4 is 17.9 Å². The molecule has 2 aromatic heterocycles. The summed E-state index contributed by atoms with van der Waals surface area (Å²) in [5, 5.41) is 14.1. The van der Waals surface area contributed by atoms with Crippen molar-refractivity contribution in [3.8, 4) is 0 Å². The molecule has 2 N–H and O–H groups in total. The summed E-state index contributed by atoms with van der Waals surface area (Å²) in [4.78, 5) is 25.1. The highest BCUT2D eigenvalue weighted by atomic mass is 16.3. The van der Waals surface area contributed by atoms with E-state index in [9.17, 15) is 4.79 Å². The van der Waals surface area contributed by atoms with Gasteiger partial charge in [-0.05, 0) is 44.3 Å². The molecule has 1 aliphatic rings. The summed E-state index contributed by atoms with van der Waals surface area (Å²) >= 11 is 0. The summed E-state index contributed by atoms with van der Waals surface area (Å²) in [6.07, 6.45) is 4.81. The Hall–Kier alpha value is -2.45. The lowest BCUT2D eigenvalue weighted by molar-refractivity contribution is -0.123. The largest absolute Gasteiger partial charge is 0.483 e. The third-order valence-electron chi connectivity index (χ3n) is 4.18. The minimum absolute atomic E-state index is 0.0890. The van der Waals surface area contributed by atoms with Gasteiger partial charge in [-0.15, -0.1) is 0 Å². The summed E-state index contributed by atoms with van der Waals surface area (Å²) in [6, 6.07) is 5.94. The van der Waals surface area contributed by atoms with Gasteiger partial charge in [-0.25, -0.2) is 4.52 Å². The number of carbonyl (C=O) groups excluding carboxylic acids is 1. The van der Waals surface area contributed by atoms with Crippen LogP contribution in [-0.2, 0) is 16.1 Å². The van der Waals surface area contributed by atoms with Crippen molar-refractivity contribution in [2.75, 3.05) is 39.8 Å². The van der Waals surface area contributed by atoms with Gasteiger partial charge in [-0.3, -0.25) is 14.5 Å². The van der Waals surface area contributed by atoms with Gasteiger partial charge in [0.15, 0.2) is 0 Å². The van der Waals surface area contributed by atoms with Crippen molar-refractivity contribution in [1.29, 1.82) is 0 Å². The maximum absolute atomic E-state index is 12.2. The number of hydrogen-bond acceptors (Lipinski definition) is 5. The Morgan fingerprint density at radius 2 is 2.12 bits per heavy atom. The topological polar surface area (TPSA) is 90.2 Å². The predicted molar refractivity (Wildman–Crippen MR) is 94.3 cm³/mol. The molecule has 1 fully saturated rings. The van der Waals surface area contributed by atoms with E-state index >= 15 is 0 Å². The van der Waals surface area contributed by atoms with Crippen molar-refractivity contribution in [1.82, 2.24) is 24.7 Å². The van der Waals surface area contributed by atoms with Crippen LogP contribution in [0, 0.1) is 0 Å². The smallest absolute Gasteiger partial charge is 0.290 e. The van der Waals surface area contributed by atoms with E-state index in [2.05, 4.69) is 27.3 Å². The maximum atomic E-state index is 12.2. The number of pyridine rings is 1. The van der Waals surface area contributed by atoms with Crippen molar-refractivity contribution < 1.29 is 14.7 Å². The van der Waals surface area contributed by atoms with Gasteiger partial charge < -0.3 is 15.3 Å². The highest BCUT2D eigenvalue weighted by Gasteiger charge is 2.15. The van der Waals surface area contributed by atoms with E-state index < -0.39 is 0 Å². The summed E-state index contributed by atoms with van der Waals surface area (Å²) in [7, 11) is 2.13. The highest BCUT2D eigenvalue weighted by Crippen LogP contribution is 2.09. The number of fused-ring (bicyclic) bond motifs is 1. The minimum Gasteiger partial charge on any atom is -0.483 e. The Labute approximate surface area is 147 Å². The van der Waals surface area contributed by atoms with Crippen LogP contribution < -0.4 is 5.32 Å². The van der Waals surface area contributed by atoms with Crippen LogP contribution >= 0.6 is 0 Å². The second-order valence-electron chi connectivity index (χ2n) is 6.01. The van der Waals surface area contributed by atoms with Crippen LogP contribution in [0.3, 0.4) is 0 Å². The number of nitrogens with one attached hydrogen (secondary N) is 1. The van der Waals surface area contributed by atoms with Crippen molar-refractivity contribution in [2.24, 2.45) is 0 Å². The molecule has 0 spiro atoms. The number of likely N-dealkylation sites (N-methyl/N-ethyl adjacent to an activating group) is 1. The fraction of sp³-hybridized carbons (Fsp3) is 0.471. The quantitative estimate of drug-likeness (QED) is 0.773. The molecule has 1 amide bonds. The van der Waals surface area contributed by atoms with Crippen LogP contribution in [0.4, 0.5) is 0 Å². The number of carboxylic acid groups (broad SMARTS) is 1. The summed E-state index contributed by atoms with van der Waals surface area (Å²) in [5.41, 5.74) is 2.13. The first-order valence-electron chi connectivity index (χ1n) is 8.30. The molecule has 0 saturated carbocycles. The average Bonchev–Trinajstić information content (AvgIpc) is 2.99. The van der Waals surface area contributed by atoms with Crippen LogP contribution in [0.15, 0.2) is 30.6 Å². The van der Waals surface area contributed by atoms with Crippen LogP contribution in [0.1, 0.15) is 12.0 Å². The Morgan fingerprint density at radius 1 is 1.32 bits per heavy atom. The van der Waals surface area contributed by atoms with Crippen molar-refractivity contribution in [3.63, 3.8) is 0 Å². The molecule has 1 aliphatic heterocycles. The second kappa shape index (κ2) is 9.75. The summed E-state index contributed by atoms with van der Waals surface area (Å²) < 4.78 is 1.83.